The van der Waals surface area contributed by atoms with E-state index in [4.69, 9.17) is 14.2 Å². The molecule has 0 fully saturated rings. The van der Waals surface area contributed by atoms with Gasteiger partial charge in [-0.1, -0.05) is 24.3 Å². The summed E-state index contributed by atoms with van der Waals surface area (Å²) >= 11 is 0. The number of fused-ring (bicyclic) bond motifs is 1. The van der Waals surface area contributed by atoms with E-state index >= 15 is 0 Å². The van der Waals surface area contributed by atoms with Crippen LogP contribution in [0.3, 0.4) is 0 Å². The van der Waals surface area contributed by atoms with E-state index in [0.717, 1.165) is 16.6 Å². The van der Waals surface area contributed by atoms with Crippen molar-refractivity contribution in [2.45, 2.75) is 13.1 Å². The molecule has 1 aromatic heterocycles. The number of aromatic nitrogens is 1. The molecule has 0 aliphatic heterocycles. The van der Waals surface area contributed by atoms with Gasteiger partial charge in [-0.05, 0) is 29.1 Å². The number of methoxy groups -OCH3 is 3. The number of ether oxygens (including phenoxy) is 3. The third-order valence-electron chi connectivity index (χ3n) is 4.59. The summed E-state index contributed by atoms with van der Waals surface area (Å²) in [5.74, 6) is 2.48. The average molecular weight is 522 g/mol. The van der Waals surface area contributed by atoms with Gasteiger partial charge in [0.15, 0.2) is 17.5 Å². The number of benzene rings is 2. The number of aliphatic imine (C=N–C) groups is 1. The Bertz CT molecular complexity index is 980. The zero-order valence-electron chi connectivity index (χ0n) is 17.6. The molecule has 160 valence electrons. The highest BCUT2D eigenvalue weighted by molar-refractivity contribution is 14.0. The third kappa shape index (κ3) is 5.44. The number of nitrogens with zero attached hydrogens (tertiary/aromatic N) is 2. The molecule has 0 spiro atoms. The molecule has 3 aromatic rings. The second-order valence-corrected chi connectivity index (χ2v) is 6.29. The van der Waals surface area contributed by atoms with Gasteiger partial charge in [0.05, 0.1) is 33.6 Å². The van der Waals surface area contributed by atoms with Crippen LogP contribution in [0.5, 0.6) is 17.2 Å². The van der Waals surface area contributed by atoms with Crippen molar-refractivity contribution in [2.24, 2.45) is 4.99 Å². The van der Waals surface area contributed by atoms with Gasteiger partial charge in [-0.2, -0.15) is 0 Å². The first kappa shape index (κ1) is 23.5. The smallest absolute Gasteiger partial charge is 0.203 e. The molecule has 0 amide bonds. The first-order chi connectivity index (χ1) is 14.2. The molecule has 3 rings (SSSR count). The van der Waals surface area contributed by atoms with Crippen molar-refractivity contribution in [2.75, 3.05) is 28.4 Å². The Morgan fingerprint density at radius 2 is 1.60 bits per heavy atom. The van der Waals surface area contributed by atoms with Crippen molar-refractivity contribution in [3.05, 3.63) is 59.9 Å². The Balaban J connectivity index is 0.00000320. The maximum atomic E-state index is 5.41. The number of nitrogens with one attached hydrogen (secondary N) is 2. The van der Waals surface area contributed by atoms with Crippen LogP contribution < -0.4 is 24.8 Å². The van der Waals surface area contributed by atoms with Gasteiger partial charge in [0.25, 0.3) is 0 Å². The number of pyridine rings is 1. The first-order valence-corrected chi connectivity index (χ1v) is 9.26. The molecule has 0 aliphatic rings. The lowest BCUT2D eigenvalue weighted by atomic mass is 10.1. The fourth-order valence-corrected chi connectivity index (χ4v) is 3.13. The fourth-order valence-electron chi connectivity index (χ4n) is 3.13. The molecule has 0 saturated heterocycles. The van der Waals surface area contributed by atoms with Gasteiger partial charge in [0.1, 0.15) is 0 Å². The van der Waals surface area contributed by atoms with Gasteiger partial charge in [-0.25, -0.2) is 0 Å². The van der Waals surface area contributed by atoms with Crippen LogP contribution >= 0.6 is 24.0 Å². The molecule has 0 atom stereocenters. The van der Waals surface area contributed by atoms with Crippen molar-refractivity contribution in [1.29, 1.82) is 0 Å². The predicted molar refractivity (Wildman–Crippen MR) is 130 cm³/mol. The van der Waals surface area contributed by atoms with Crippen LogP contribution in [0.15, 0.2) is 53.7 Å². The Labute approximate surface area is 193 Å². The Morgan fingerprint density at radius 3 is 2.23 bits per heavy atom. The normalized spacial score (nSPS) is 10.9. The minimum atomic E-state index is 0. The SMILES string of the molecule is CN=C(NCc1cc(OC)c(OC)c(OC)c1)NCc1nccc2ccccc12.I. The summed E-state index contributed by atoms with van der Waals surface area (Å²) in [5.41, 5.74) is 1.95. The highest BCUT2D eigenvalue weighted by Gasteiger charge is 2.13. The van der Waals surface area contributed by atoms with E-state index in [-0.39, 0.29) is 24.0 Å². The molecule has 30 heavy (non-hydrogen) atoms. The topological polar surface area (TPSA) is 77.0 Å². The summed E-state index contributed by atoms with van der Waals surface area (Å²) in [6, 6.07) is 14.0. The Morgan fingerprint density at radius 1 is 0.933 bits per heavy atom. The number of rotatable bonds is 7. The van der Waals surface area contributed by atoms with E-state index in [1.165, 1.54) is 5.39 Å². The summed E-state index contributed by atoms with van der Waals surface area (Å²) < 4.78 is 16.2. The van der Waals surface area contributed by atoms with Crippen molar-refractivity contribution < 1.29 is 14.2 Å². The molecule has 0 radical (unpaired) electrons. The van der Waals surface area contributed by atoms with Gasteiger partial charge in [0, 0.05) is 25.2 Å². The van der Waals surface area contributed by atoms with Gasteiger partial charge in [0.2, 0.25) is 5.75 Å². The highest BCUT2D eigenvalue weighted by Crippen LogP contribution is 2.38. The number of hydrogen-bond acceptors (Lipinski definition) is 5. The molecular weight excluding hydrogens is 495 g/mol. The second kappa shape index (κ2) is 11.4. The Hall–Kier alpha value is -2.75. The molecule has 8 heteroatoms. The molecule has 2 N–H and O–H groups in total. The van der Waals surface area contributed by atoms with Gasteiger partial charge >= 0.3 is 0 Å². The van der Waals surface area contributed by atoms with Crippen molar-refractivity contribution in [3.63, 3.8) is 0 Å². The van der Waals surface area contributed by atoms with E-state index in [1.807, 2.05) is 36.5 Å². The molecule has 7 nitrogen and oxygen atoms in total. The summed E-state index contributed by atoms with van der Waals surface area (Å²) in [6.07, 6.45) is 1.82. The standard InChI is InChI=1S/C22H26N4O3.HI/c1-23-22(26-14-18-17-8-6-5-7-16(17)9-10-24-18)25-13-15-11-19(27-2)21(29-4)20(12-15)28-3;/h5-12H,13-14H2,1-4H3,(H2,23,25,26);1H. The largest absolute Gasteiger partial charge is 0.493 e. The number of hydrogen-bond donors (Lipinski definition) is 2. The average Bonchev–Trinajstić information content (AvgIpc) is 2.78. The lowest BCUT2D eigenvalue weighted by Gasteiger charge is -2.16. The van der Waals surface area contributed by atoms with Crippen LogP contribution in [0.25, 0.3) is 10.8 Å². The Kier molecular flexibility index (Phi) is 8.97. The quantitative estimate of drug-likeness (QED) is 0.280. The van der Waals surface area contributed by atoms with Crippen LogP contribution in [0.1, 0.15) is 11.3 Å². The molecule has 1 heterocycles. The highest BCUT2D eigenvalue weighted by atomic mass is 127. The fraction of sp³-hybridized carbons (Fsp3) is 0.273. The molecule has 0 bridgehead atoms. The van der Waals surface area contributed by atoms with Gasteiger partial charge in [-0.15, -0.1) is 24.0 Å². The monoisotopic (exact) mass is 522 g/mol. The van der Waals surface area contributed by atoms with Crippen molar-refractivity contribution >= 4 is 40.7 Å². The van der Waals surface area contributed by atoms with E-state index in [9.17, 15) is 0 Å². The lowest BCUT2D eigenvalue weighted by molar-refractivity contribution is 0.323. The second-order valence-electron chi connectivity index (χ2n) is 6.29. The van der Waals surface area contributed by atoms with Crippen LogP contribution in [-0.2, 0) is 13.1 Å². The summed E-state index contributed by atoms with van der Waals surface area (Å²) in [5, 5.41) is 8.91. The molecule has 0 unspecified atom stereocenters. The molecule has 0 aliphatic carbocycles. The van der Waals surface area contributed by atoms with Gasteiger partial charge in [-0.3, -0.25) is 9.98 Å². The van der Waals surface area contributed by atoms with Gasteiger partial charge < -0.3 is 24.8 Å². The molecule has 2 aromatic carbocycles. The van der Waals surface area contributed by atoms with E-state index in [1.54, 1.807) is 28.4 Å². The van der Waals surface area contributed by atoms with E-state index in [0.29, 0.717) is 36.3 Å². The molecule has 0 saturated carbocycles. The van der Waals surface area contributed by atoms with Crippen molar-refractivity contribution in [1.82, 2.24) is 15.6 Å². The van der Waals surface area contributed by atoms with E-state index in [2.05, 4.69) is 32.7 Å². The van der Waals surface area contributed by atoms with Crippen LogP contribution in [0.2, 0.25) is 0 Å². The third-order valence-corrected chi connectivity index (χ3v) is 4.59. The van der Waals surface area contributed by atoms with Crippen molar-refractivity contribution in [3.8, 4) is 17.2 Å². The van der Waals surface area contributed by atoms with Crippen LogP contribution in [-0.4, -0.2) is 39.3 Å². The maximum absolute atomic E-state index is 5.41. The summed E-state index contributed by atoms with van der Waals surface area (Å²) in [7, 11) is 6.53. The maximum Gasteiger partial charge on any atom is 0.203 e. The zero-order chi connectivity index (χ0) is 20.6. The predicted octanol–water partition coefficient (Wildman–Crippen LogP) is 3.74. The summed E-state index contributed by atoms with van der Waals surface area (Å²) in [4.78, 5) is 8.80. The minimum absolute atomic E-state index is 0. The summed E-state index contributed by atoms with van der Waals surface area (Å²) in [6.45, 7) is 1.11. The first-order valence-electron chi connectivity index (χ1n) is 9.26. The minimum Gasteiger partial charge on any atom is -0.493 e. The van der Waals surface area contributed by atoms with E-state index < -0.39 is 0 Å². The number of guanidine groups is 1. The molecular formula is C22H27IN4O3. The zero-order valence-corrected chi connectivity index (χ0v) is 19.9. The lowest BCUT2D eigenvalue weighted by Crippen LogP contribution is -2.36. The van der Waals surface area contributed by atoms with Crippen LogP contribution in [0.4, 0.5) is 0 Å². The van der Waals surface area contributed by atoms with Crippen LogP contribution in [0, 0.1) is 0 Å². The number of halogens is 1.